The molecule has 2 fully saturated rings. The van der Waals surface area contributed by atoms with E-state index >= 15 is 0 Å². The van der Waals surface area contributed by atoms with Crippen molar-refractivity contribution in [3.63, 3.8) is 0 Å². The van der Waals surface area contributed by atoms with Crippen molar-refractivity contribution in [1.82, 2.24) is 10.2 Å². The van der Waals surface area contributed by atoms with Gasteiger partial charge in [0.15, 0.2) is 0 Å². The van der Waals surface area contributed by atoms with E-state index in [2.05, 4.69) is 31.0 Å². The minimum absolute atomic E-state index is 0.0594. The Kier molecular flexibility index (Phi) is 5.26. The zero-order chi connectivity index (χ0) is 13.8. The van der Waals surface area contributed by atoms with Gasteiger partial charge in [-0.2, -0.15) is 0 Å². The zero-order valence-electron chi connectivity index (χ0n) is 12.8. The summed E-state index contributed by atoms with van der Waals surface area (Å²) >= 11 is 0. The maximum Gasteiger partial charge on any atom is 0.239 e. The molecule has 3 nitrogen and oxygen atoms in total. The summed E-state index contributed by atoms with van der Waals surface area (Å²) in [5, 5.41) is 3.44. The lowest BCUT2D eigenvalue weighted by molar-refractivity contribution is -0.140. The van der Waals surface area contributed by atoms with Crippen molar-refractivity contribution in [1.29, 1.82) is 0 Å². The van der Waals surface area contributed by atoms with Crippen molar-refractivity contribution in [2.24, 2.45) is 5.92 Å². The Bertz CT molecular complexity index is 303. The molecule has 0 spiro atoms. The third-order valence-electron chi connectivity index (χ3n) is 4.72. The fourth-order valence-corrected chi connectivity index (χ4v) is 3.72. The Balaban J connectivity index is 2.03. The van der Waals surface area contributed by atoms with Crippen LogP contribution >= 0.6 is 0 Å². The van der Waals surface area contributed by atoms with Gasteiger partial charge in [0.1, 0.15) is 0 Å². The van der Waals surface area contributed by atoms with E-state index in [4.69, 9.17) is 0 Å². The molecule has 1 N–H and O–H groups in total. The number of likely N-dealkylation sites (tertiary alicyclic amines) is 1. The summed E-state index contributed by atoms with van der Waals surface area (Å²) in [4.78, 5) is 14.9. The number of rotatable bonds is 3. The molecule has 1 saturated heterocycles. The van der Waals surface area contributed by atoms with Gasteiger partial charge >= 0.3 is 0 Å². The summed E-state index contributed by atoms with van der Waals surface area (Å²) in [7, 11) is 0. The topological polar surface area (TPSA) is 32.3 Å². The second kappa shape index (κ2) is 6.74. The van der Waals surface area contributed by atoms with Gasteiger partial charge in [0.25, 0.3) is 0 Å². The highest BCUT2D eigenvalue weighted by molar-refractivity contribution is 5.83. The van der Waals surface area contributed by atoms with Crippen LogP contribution in [0.1, 0.15) is 65.7 Å². The Morgan fingerprint density at radius 2 is 1.84 bits per heavy atom. The van der Waals surface area contributed by atoms with Gasteiger partial charge < -0.3 is 10.2 Å². The first kappa shape index (κ1) is 14.8. The largest absolute Gasteiger partial charge is 0.338 e. The van der Waals surface area contributed by atoms with Crippen LogP contribution in [0.15, 0.2) is 0 Å². The Morgan fingerprint density at radius 3 is 2.58 bits per heavy atom. The average molecular weight is 266 g/mol. The van der Waals surface area contributed by atoms with Crippen molar-refractivity contribution >= 4 is 5.91 Å². The van der Waals surface area contributed by atoms with Gasteiger partial charge in [-0.05, 0) is 31.6 Å². The number of carbonyl (C=O) groups excluding carboxylic acids is 1. The lowest BCUT2D eigenvalue weighted by Gasteiger charge is -2.41. The molecule has 2 aliphatic rings. The number of carbonyl (C=O) groups is 1. The molecule has 3 atom stereocenters. The van der Waals surface area contributed by atoms with Gasteiger partial charge in [0, 0.05) is 18.6 Å². The van der Waals surface area contributed by atoms with Crippen molar-refractivity contribution in [2.45, 2.75) is 83.8 Å². The Labute approximate surface area is 118 Å². The van der Waals surface area contributed by atoms with Crippen molar-refractivity contribution in [3.05, 3.63) is 0 Å². The molecule has 0 aromatic heterocycles. The minimum atomic E-state index is 0.0594. The van der Waals surface area contributed by atoms with E-state index in [0.29, 0.717) is 23.9 Å². The van der Waals surface area contributed by atoms with Crippen LogP contribution in [0.5, 0.6) is 0 Å². The van der Waals surface area contributed by atoms with E-state index in [1.807, 2.05) is 0 Å². The number of piperidine rings is 1. The highest BCUT2D eigenvalue weighted by Gasteiger charge is 2.35. The monoisotopic (exact) mass is 266 g/mol. The molecule has 1 saturated carbocycles. The molecular formula is C16H30N2O. The number of hydrogen-bond acceptors (Lipinski definition) is 2. The van der Waals surface area contributed by atoms with E-state index in [0.717, 1.165) is 19.4 Å². The zero-order valence-corrected chi connectivity index (χ0v) is 12.8. The predicted molar refractivity (Wildman–Crippen MR) is 79.0 cm³/mol. The predicted octanol–water partition coefficient (Wildman–Crippen LogP) is 2.94. The maximum atomic E-state index is 12.7. The third kappa shape index (κ3) is 3.71. The Morgan fingerprint density at radius 1 is 1.11 bits per heavy atom. The lowest BCUT2D eigenvalue weighted by Crippen LogP contribution is -2.56. The molecule has 2 rings (SSSR count). The van der Waals surface area contributed by atoms with Crippen LogP contribution in [0.4, 0.5) is 0 Å². The fourth-order valence-electron chi connectivity index (χ4n) is 3.72. The summed E-state index contributed by atoms with van der Waals surface area (Å²) in [6.45, 7) is 7.56. The molecule has 0 aromatic rings. The number of amides is 1. The lowest BCUT2D eigenvalue weighted by atomic mass is 9.92. The molecule has 0 aromatic carbocycles. The Hall–Kier alpha value is -0.570. The molecular weight excluding hydrogens is 236 g/mol. The molecule has 1 heterocycles. The molecule has 110 valence electrons. The van der Waals surface area contributed by atoms with Gasteiger partial charge in [-0.1, -0.05) is 40.0 Å². The normalized spacial score (nSPS) is 33.6. The van der Waals surface area contributed by atoms with Crippen molar-refractivity contribution < 1.29 is 4.79 Å². The number of nitrogens with zero attached hydrogens (tertiary/aromatic N) is 1. The smallest absolute Gasteiger partial charge is 0.239 e. The second-order valence-electron chi connectivity index (χ2n) is 6.73. The second-order valence-corrected chi connectivity index (χ2v) is 6.73. The molecule has 3 heteroatoms. The van der Waals surface area contributed by atoms with E-state index in [9.17, 15) is 4.79 Å². The summed E-state index contributed by atoms with van der Waals surface area (Å²) < 4.78 is 0. The number of nitrogens with one attached hydrogen (secondary N) is 1. The van der Waals surface area contributed by atoms with E-state index < -0.39 is 0 Å². The minimum Gasteiger partial charge on any atom is -0.338 e. The molecule has 3 unspecified atom stereocenters. The SMILES string of the molecule is CC(C)NC1CCCN(C2CCCCCC2C)C1=O. The summed E-state index contributed by atoms with van der Waals surface area (Å²) in [5.74, 6) is 1.03. The van der Waals surface area contributed by atoms with E-state index in [1.54, 1.807) is 0 Å². The summed E-state index contributed by atoms with van der Waals surface area (Å²) in [6, 6.07) is 0.941. The first-order valence-corrected chi connectivity index (χ1v) is 8.16. The maximum absolute atomic E-state index is 12.7. The van der Waals surface area contributed by atoms with E-state index in [-0.39, 0.29) is 6.04 Å². The first-order chi connectivity index (χ1) is 9.09. The van der Waals surface area contributed by atoms with Crippen LogP contribution in [0, 0.1) is 5.92 Å². The van der Waals surface area contributed by atoms with Crippen LogP contribution in [-0.2, 0) is 4.79 Å². The molecule has 1 aliphatic carbocycles. The quantitative estimate of drug-likeness (QED) is 0.797. The van der Waals surface area contributed by atoms with E-state index in [1.165, 1.54) is 32.1 Å². The summed E-state index contributed by atoms with van der Waals surface area (Å²) in [6.07, 6.45) is 8.64. The molecule has 1 amide bonds. The summed E-state index contributed by atoms with van der Waals surface area (Å²) in [5.41, 5.74) is 0. The number of hydrogen-bond donors (Lipinski definition) is 1. The molecule has 19 heavy (non-hydrogen) atoms. The highest BCUT2D eigenvalue weighted by atomic mass is 16.2. The van der Waals surface area contributed by atoms with Gasteiger partial charge in [-0.25, -0.2) is 0 Å². The van der Waals surface area contributed by atoms with Gasteiger partial charge in [0.05, 0.1) is 6.04 Å². The van der Waals surface area contributed by atoms with Crippen molar-refractivity contribution in [2.75, 3.05) is 6.54 Å². The van der Waals surface area contributed by atoms with Gasteiger partial charge in [-0.15, -0.1) is 0 Å². The van der Waals surface area contributed by atoms with Crippen LogP contribution < -0.4 is 5.32 Å². The van der Waals surface area contributed by atoms with Crippen LogP contribution in [-0.4, -0.2) is 35.5 Å². The van der Waals surface area contributed by atoms with Gasteiger partial charge in [-0.3, -0.25) is 4.79 Å². The fraction of sp³-hybridized carbons (Fsp3) is 0.938. The van der Waals surface area contributed by atoms with Crippen LogP contribution in [0.2, 0.25) is 0 Å². The molecule has 1 aliphatic heterocycles. The first-order valence-electron chi connectivity index (χ1n) is 8.16. The standard InChI is InChI=1S/C16H30N2O/c1-12(2)17-14-9-7-11-18(16(14)19)15-10-6-4-5-8-13(15)3/h12-15,17H,4-11H2,1-3H3. The molecule has 0 bridgehead atoms. The van der Waals surface area contributed by atoms with Crippen molar-refractivity contribution in [3.8, 4) is 0 Å². The molecule has 0 radical (unpaired) electrons. The highest BCUT2D eigenvalue weighted by Crippen LogP contribution is 2.29. The van der Waals surface area contributed by atoms with Crippen LogP contribution in [0.3, 0.4) is 0 Å². The van der Waals surface area contributed by atoms with Crippen LogP contribution in [0.25, 0.3) is 0 Å². The average Bonchev–Trinajstić information content (AvgIpc) is 2.56. The van der Waals surface area contributed by atoms with Gasteiger partial charge in [0.2, 0.25) is 5.91 Å². The third-order valence-corrected chi connectivity index (χ3v) is 4.72.